The summed E-state index contributed by atoms with van der Waals surface area (Å²) in [4.78, 5) is 33.0. The molecule has 0 saturated carbocycles. The Bertz CT molecular complexity index is 1240. The summed E-state index contributed by atoms with van der Waals surface area (Å²) in [6.45, 7) is 10.5. The van der Waals surface area contributed by atoms with Crippen molar-refractivity contribution < 1.29 is 14.3 Å². The van der Waals surface area contributed by atoms with Crippen molar-refractivity contribution in [2.24, 2.45) is 0 Å². The highest BCUT2D eigenvalue weighted by atomic mass is 35.5. The predicted molar refractivity (Wildman–Crippen MR) is 142 cm³/mol. The first kappa shape index (κ1) is 26.6. The van der Waals surface area contributed by atoms with Crippen LogP contribution in [0.1, 0.15) is 77.8 Å². The summed E-state index contributed by atoms with van der Waals surface area (Å²) < 4.78 is 12.7. The average Bonchev–Trinajstić information content (AvgIpc) is 3.16. The number of carbonyl (C=O) groups is 1. The third-order valence-corrected chi connectivity index (χ3v) is 8.07. The number of nitrogens with zero attached hydrogens (tertiary/aromatic N) is 2. The first-order valence-corrected chi connectivity index (χ1v) is 13.2. The number of aromatic amines is 1. The standard InChI is InChI=1S/C28H38ClN3O4/c1-8-19(31(6)7)10-9-12-28(5)35-24-18(4)22-20(23(29)25(24)36-28)11-13-32(27(22)34)15-21-16(2)14-17(3)30-26(21)33/h14,19H,8-13,15H2,1-7H3,(H,30,33)/t19-,28?/m0/s1. The maximum atomic E-state index is 13.6. The van der Waals surface area contributed by atoms with Gasteiger partial charge in [0.1, 0.15) is 0 Å². The zero-order valence-electron chi connectivity index (χ0n) is 22.5. The van der Waals surface area contributed by atoms with Gasteiger partial charge in [0.05, 0.1) is 17.1 Å². The molecule has 3 heterocycles. The zero-order valence-corrected chi connectivity index (χ0v) is 23.3. The van der Waals surface area contributed by atoms with E-state index in [0.717, 1.165) is 48.1 Å². The molecule has 0 radical (unpaired) electrons. The molecule has 1 unspecified atom stereocenters. The second-order valence-corrected chi connectivity index (χ2v) is 11.0. The number of H-pyrrole nitrogens is 1. The van der Waals surface area contributed by atoms with Gasteiger partial charge in [-0.3, -0.25) is 9.59 Å². The number of aryl methyl sites for hydroxylation is 2. The fourth-order valence-electron chi connectivity index (χ4n) is 5.56. The van der Waals surface area contributed by atoms with Gasteiger partial charge in [-0.2, -0.15) is 0 Å². The lowest BCUT2D eigenvalue weighted by molar-refractivity contribution is -0.0706. The molecule has 2 aliphatic heterocycles. The van der Waals surface area contributed by atoms with E-state index in [-0.39, 0.29) is 18.0 Å². The lowest BCUT2D eigenvalue weighted by atomic mass is 9.93. The van der Waals surface area contributed by atoms with Crippen molar-refractivity contribution in [1.82, 2.24) is 14.8 Å². The molecule has 36 heavy (non-hydrogen) atoms. The van der Waals surface area contributed by atoms with Crippen LogP contribution in [-0.2, 0) is 13.0 Å². The molecule has 0 aliphatic carbocycles. The first-order valence-electron chi connectivity index (χ1n) is 12.8. The van der Waals surface area contributed by atoms with Crippen molar-refractivity contribution in [3.63, 3.8) is 0 Å². The van der Waals surface area contributed by atoms with Crippen LogP contribution in [0.3, 0.4) is 0 Å². The van der Waals surface area contributed by atoms with Crippen molar-refractivity contribution in [2.75, 3.05) is 20.6 Å². The summed E-state index contributed by atoms with van der Waals surface area (Å²) in [6, 6.07) is 2.45. The van der Waals surface area contributed by atoms with Crippen LogP contribution in [0.2, 0.25) is 5.02 Å². The molecule has 0 fully saturated rings. The van der Waals surface area contributed by atoms with Crippen LogP contribution in [-0.4, -0.2) is 53.2 Å². The highest BCUT2D eigenvalue weighted by Crippen LogP contribution is 2.51. The highest BCUT2D eigenvalue weighted by molar-refractivity contribution is 6.34. The van der Waals surface area contributed by atoms with Crippen LogP contribution in [0.25, 0.3) is 0 Å². The topological polar surface area (TPSA) is 74.9 Å². The largest absolute Gasteiger partial charge is 0.448 e. The molecule has 0 saturated heterocycles. The monoisotopic (exact) mass is 515 g/mol. The number of hydrogen-bond donors (Lipinski definition) is 1. The van der Waals surface area contributed by atoms with Gasteiger partial charge in [0.2, 0.25) is 5.79 Å². The third-order valence-electron chi connectivity index (χ3n) is 7.67. The van der Waals surface area contributed by atoms with E-state index in [2.05, 4.69) is 30.9 Å². The molecule has 7 nitrogen and oxygen atoms in total. The summed E-state index contributed by atoms with van der Waals surface area (Å²) in [5.41, 5.74) is 4.26. The van der Waals surface area contributed by atoms with Crippen LogP contribution in [0, 0.1) is 20.8 Å². The lowest BCUT2D eigenvalue weighted by Crippen LogP contribution is -2.39. The number of rotatable bonds is 8. The molecule has 1 amide bonds. The molecule has 196 valence electrons. The molecule has 2 atom stereocenters. The van der Waals surface area contributed by atoms with Crippen molar-refractivity contribution in [1.29, 1.82) is 0 Å². The van der Waals surface area contributed by atoms with Gasteiger partial charge < -0.3 is 24.3 Å². The third kappa shape index (κ3) is 4.88. The molecule has 0 spiro atoms. The Morgan fingerprint density at radius 2 is 1.89 bits per heavy atom. The van der Waals surface area contributed by atoms with E-state index in [0.29, 0.717) is 46.7 Å². The van der Waals surface area contributed by atoms with Crippen molar-refractivity contribution >= 4 is 17.5 Å². The number of nitrogens with one attached hydrogen (secondary N) is 1. The van der Waals surface area contributed by atoms with Crippen LogP contribution >= 0.6 is 11.6 Å². The average molecular weight is 516 g/mol. The van der Waals surface area contributed by atoms with E-state index in [1.54, 1.807) is 4.90 Å². The molecule has 1 aromatic carbocycles. The molecule has 0 bridgehead atoms. The van der Waals surface area contributed by atoms with Crippen LogP contribution in [0.4, 0.5) is 0 Å². The number of pyridine rings is 1. The predicted octanol–water partition coefficient (Wildman–Crippen LogP) is 5.15. The number of ether oxygens (including phenoxy) is 2. The number of benzene rings is 1. The van der Waals surface area contributed by atoms with E-state index in [1.807, 2.05) is 33.8 Å². The number of aromatic nitrogens is 1. The summed E-state index contributed by atoms with van der Waals surface area (Å²) in [6.07, 6.45) is 4.42. The van der Waals surface area contributed by atoms with Crippen molar-refractivity contribution in [3.8, 4) is 11.5 Å². The molecular formula is C28H38ClN3O4. The Morgan fingerprint density at radius 3 is 2.53 bits per heavy atom. The van der Waals surface area contributed by atoms with Crippen LogP contribution in [0.5, 0.6) is 11.5 Å². The zero-order chi connectivity index (χ0) is 26.4. The maximum Gasteiger partial charge on any atom is 0.254 e. The number of hydrogen-bond acceptors (Lipinski definition) is 5. The molecule has 1 aromatic heterocycles. The lowest BCUT2D eigenvalue weighted by Gasteiger charge is -2.31. The second-order valence-electron chi connectivity index (χ2n) is 10.6. The molecule has 2 aliphatic rings. The summed E-state index contributed by atoms with van der Waals surface area (Å²) in [5.74, 6) is 0.148. The molecule has 2 aromatic rings. The molecule has 8 heteroatoms. The van der Waals surface area contributed by atoms with Gasteiger partial charge in [-0.25, -0.2) is 0 Å². The summed E-state index contributed by atoms with van der Waals surface area (Å²) in [7, 11) is 4.22. The van der Waals surface area contributed by atoms with E-state index >= 15 is 0 Å². The first-order chi connectivity index (χ1) is 17.0. The number of fused-ring (bicyclic) bond motifs is 2. The maximum absolute atomic E-state index is 13.6. The Hall–Kier alpha value is -2.51. The van der Waals surface area contributed by atoms with Crippen molar-refractivity contribution in [3.05, 3.63) is 55.0 Å². The minimum Gasteiger partial charge on any atom is -0.448 e. The van der Waals surface area contributed by atoms with Gasteiger partial charge in [0, 0.05) is 42.8 Å². The van der Waals surface area contributed by atoms with E-state index in [1.165, 1.54) is 0 Å². The van der Waals surface area contributed by atoms with Gasteiger partial charge in [-0.1, -0.05) is 18.5 Å². The fourth-order valence-corrected chi connectivity index (χ4v) is 5.88. The Balaban J connectivity index is 1.57. The summed E-state index contributed by atoms with van der Waals surface area (Å²) >= 11 is 6.82. The fraction of sp³-hybridized carbons (Fsp3) is 0.571. The molecular weight excluding hydrogens is 478 g/mol. The van der Waals surface area contributed by atoms with E-state index in [4.69, 9.17) is 21.1 Å². The second kappa shape index (κ2) is 10.1. The van der Waals surface area contributed by atoms with Gasteiger partial charge in [-0.05, 0) is 77.7 Å². The quantitative estimate of drug-likeness (QED) is 0.526. The Labute approximate surface area is 218 Å². The van der Waals surface area contributed by atoms with Crippen LogP contribution < -0.4 is 15.0 Å². The van der Waals surface area contributed by atoms with Gasteiger partial charge in [-0.15, -0.1) is 0 Å². The Kier molecular flexibility index (Phi) is 7.45. The van der Waals surface area contributed by atoms with Crippen LogP contribution in [0.15, 0.2) is 10.9 Å². The van der Waals surface area contributed by atoms with Gasteiger partial charge >= 0.3 is 0 Å². The SMILES string of the molecule is CC[C@@H](CCCC1(C)Oc2c(C)c3c(c(Cl)c2O1)CCN(Cc1c(C)cc(C)[nH]c1=O)C3=O)N(C)C. The minimum atomic E-state index is -0.819. The highest BCUT2D eigenvalue weighted by Gasteiger charge is 2.43. The van der Waals surface area contributed by atoms with E-state index in [9.17, 15) is 9.59 Å². The smallest absolute Gasteiger partial charge is 0.254 e. The number of carbonyl (C=O) groups excluding carboxylic acids is 1. The summed E-state index contributed by atoms with van der Waals surface area (Å²) in [5, 5.41) is 0.464. The number of halogens is 1. The molecule has 1 N–H and O–H groups in total. The number of amides is 1. The minimum absolute atomic E-state index is 0.133. The van der Waals surface area contributed by atoms with Crippen molar-refractivity contribution in [2.45, 2.75) is 85.1 Å². The molecule has 4 rings (SSSR count). The van der Waals surface area contributed by atoms with E-state index < -0.39 is 5.79 Å². The van der Waals surface area contributed by atoms with Gasteiger partial charge in [0.25, 0.3) is 11.5 Å². The van der Waals surface area contributed by atoms with Gasteiger partial charge in [0.15, 0.2) is 11.5 Å². The Morgan fingerprint density at radius 1 is 1.19 bits per heavy atom. The normalized spacial score (nSPS) is 19.7.